The summed E-state index contributed by atoms with van der Waals surface area (Å²) in [4.78, 5) is 0. The Morgan fingerprint density at radius 1 is 1.37 bits per heavy atom. The van der Waals surface area contributed by atoms with Crippen LogP contribution in [0.5, 0.6) is 0 Å². The minimum absolute atomic E-state index is 0.445. The van der Waals surface area contributed by atoms with Gasteiger partial charge in [0, 0.05) is 16.0 Å². The molecule has 19 heavy (non-hydrogen) atoms. The van der Waals surface area contributed by atoms with Gasteiger partial charge >= 0.3 is 0 Å². The van der Waals surface area contributed by atoms with Crippen LogP contribution in [0.4, 0.5) is 0 Å². The lowest BCUT2D eigenvalue weighted by molar-refractivity contribution is 0.250. The SMILES string of the molecule is CCNCC1(Cc2ccc(Br)cc2Cl)CC2CC2C1. The first-order chi connectivity index (χ1) is 9.12. The van der Waals surface area contributed by atoms with E-state index in [0.29, 0.717) is 5.41 Å². The zero-order valence-corrected chi connectivity index (χ0v) is 13.7. The van der Waals surface area contributed by atoms with Gasteiger partial charge in [0.25, 0.3) is 0 Å². The predicted octanol–water partition coefficient (Wildman–Crippen LogP) is 4.67. The van der Waals surface area contributed by atoms with E-state index in [-0.39, 0.29) is 0 Å². The van der Waals surface area contributed by atoms with Crippen molar-refractivity contribution in [2.45, 2.75) is 32.6 Å². The van der Waals surface area contributed by atoms with Crippen molar-refractivity contribution < 1.29 is 0 Å². The Morgan fingerprint density at radius 2 is 2.11 bits per heavy atom. The third-order valence-corrected chi connectivity index (χ3v) is 5.64. The summed E-state index contributed by atoms with van der Waals surface area (Å²) in [7, 11) is 0. The smallest absolute Gasteiger partial charge is 0.0449 e. The summed E-state index contributed by atoms with van der Waals surface area (Å²) >= 11 is 9.89. The number of hydrogen-bond acceptors (Lipinski definition) is 1. The van der Waals surface area contributed by atoms with Gasteiger partial charge in [-0.1, -0.05) is 40.5 Å². The maximum atomic E-state index is 6.40. The van der Waals surface area contributed by atoms with E-state index < -0.39 is 0 Å². The molecule has 2 atom stereocenters. The minimum atomic E-state index is 0.445. The number of rotatable bonds is 5. The molecule has 1 aromatic carbocycles. The molecule has 0 aromatic heterocycles. The van der Waals surface area contributed by atoms with Crippen LogP contribution >= 0.6 is 27.5 Å². The normalized spacial score (nSPS) is 32.4. The van der Waals surface area contributed by atoms with E-state index in [1.54, 1.807) is 0 Å². The first kappa shape index (κ1) is 13.9. The van der Waals surface area contributed by atoms with Crippen molar-refractivity contribution in [3.8, 4) is 0 Å². The molecule has 1 aromatic rings. The van der Waals surface area contributed by atoms with Crippen molar-refractivity contribution >= 4 is 27.5 Å². The van der Waals surface area contributed by atoms with Gasteiger partial charge in [0.2, 0.25) is 0 Å². The van der Waals surface area contributed by atoms with E-state index in [1.165, 1.54) is 24.8 Å². The second-order valence-electron chi connectivity index (χ2n) is 6.36. The highest BCUT2D eigenvalue weighted by atomic mass is 79.9. The monoisotopic (exact) mass is 341 g/mol. The first-order valence-corrected chi connectivity index (χ1v) is 8.44. The molecule has 2 aliphatic carbocycles. The summed E-state index contributed by atoms with van der Waals surface area (Å²) in [6.45, 7) is 4.39. The Morgan fingerprint density at radius 3 is 2.74 bits per heavy atom. The lowest BCUT2D eigenvalue weighted by Crippen LogP contribution is -2.35. The third kappa shape index (κ3) is 3.01. The van der Waals surface area contributed by atoms with Crippen molar-refractivity contribution in [1.82, 2.24) is 5.32 Å². The first-order valence-electron chi connectivity index (χ1n) is 7.26. The molecule has 2 fully saturated rings. The molecule has 3 rings (SSSR count). The van der Waals surface area contributed by atoms with Crippen LogP contribution in [0.1, 0.15) is 31.7 Å². The maximum absolute atomic E-state index is 6.40. The van der Waals surface area contributed by atoms with Crippen molar-refractivity contribution in [3.63, 3.8) is 0 Å². The summed E-state index contributed by atoms with van der Waals surface area (Å²) in [5.41, 5.74) is 1.75. The highest BCUT2D eigenvalue weighted by Crippen LogP contribution is 2.60. The molecule has 0 amide bonds. The second kappa shape index (κ2) is 5.38. The number of halogens is 2. The number of nitrogens with one attached hydrogen (secondary N) is 1. The van der Waals surface area contributed by atoms with E-state index in [0.717, 1.165) is 40.8 Å². The highest BCUT2D eigenvalue weighted by Gasteiger charge is 2.53. The van der Waals surface area contributed by atoms with Crippen molar-refractivity contribution in [2.24, 2.45) is 17.3 Å². The summed E-state index contributed by atoms with van der Waals surface area (Å²) in [5, 5.41) is 4.48. The van der Waals surface area contributed by atoms with Gasteiger partial charge in [0.15, 0.2) is 0 Å². The lowest BCUT2D eigenvalue weighted by Gasteiger charge is -2.32. The van der Waals surface area contributed by atoms with E-state index in [1.807, 2.05) is 6.07 Å². The van der Waals surface area contributed by atoms with Crippen molar-refractivity contribution in [2.75, 3.05) is 13.1 Å². The number of hydrogen-bond donors (Lipinski definition) is 1. The Kier molecular flexibility index (Phi) is 3.94. The average molecular weight is 343 g/mol. The van der Waals surface area contributed by atoms with Gasteiger partial charge in [-0.2, -0.15) is 0 Å². The van der Waals surface area contributed by atoms with Crippen LogP contribution in [-0.2, 0) is 6.42 Å². The summed E-state index contributed by atoms with van der Waals surface area (Å²) in [5.74, 6) is 2.01. The predicted molar refractivity (Wildman–Crippen MR) is 84.7 cm³/mol. The average Bonchev–Trinajstić information content (AvgIpc) is 2.99. The molecule has 0 radical (unpaired) electrons. The second-order valence-corrected chi connectivity index (χ2v) is 7.68. The molecule has 2 unspecified atom stereocenters. The number of fused-ring (bicyclic) bond motifs is 1. The number of benzene rings is 1. The van der Waals surface area contributed by atoms with Crippen LogP contribution in [0.2, 0.25) is 5.02 Å². The van der Waals surface area contributed by atoms with E-state index in [4.69, 9.17) is 11.6 Å². The third-order valence-electron chi connectivity index (χ3n) is 4.79. The van der Waals surface area contributed by atoms with Crippen LogP contribution < -0.4 is 5.32 Å². The van der Waals surface area contributed by atoms with E-state index in [9.17, 15) is 0 Å². The summed E-state index contributed by atoms with van der Waals surface area (Å²) in [6, 6.07) is 6.31. The van der Waals surface area contributed by atoms with Gasteiger partial charge in [-0.15, -0.1) is 0 Å². The maximum Gasteiger partial charge on any atom is 0.0449 e. The Balaban J connectivity index is 1.77. The van der Waals surface area contributed by atoms with Crippen LogP contribution in [0.25, 0.3) is 0 Å². The van der Waals surface area contributed by atoms with Crippen molar-refractivity contribution in [1.29, 1.82) is 0 Å². The molecule has 104 valence electrons. The largest absolute Gasteiger partial charge is 0.316 e. The van der Waals surface area contributed by atoms with Gasteiger partial charge in [-0.25, -0.2) is 0 Å². The van der Waals surface area contributed by atoms with Gasteiger partial charge in [0.05, 0.1) is 0 Å². The molecule has 0 heterocycles. The molecule has 0 saturated heterocycles. The van der Waals surface area contributed by atoms with Crippen LogP contribution in [0.15, 0.2) is 22.7 Å². The standard InChI is InChI=1S/C16H21BrClN/c1-2-19-10-16(8-12-5-13(12)9-16)7-11-3-4-14(17)6-15(11)18/h3-4,6,12-13,19H,2,5,7-10H2,1H3. The molecular weight excluding hydrogens is 322 g/mol. The van der Waals surface area contributed by atoms with Crippen LogP contribution in [-0.4, -0.2) is 13.1 Å². The quantitative estimate of drug-likeness (QED) is 0.820. The molecule has 0 aliphatic heterocycles. The Hall–Kier alpha value is -0.0500. The Labute approximate surface area is 129 Å². The molecule has 1 nitrogen and oxygen atoms in total. The fourth-order valence-corrected chi connectivity index (χ4v) is 4.56. The van der Waals surface area contributed by atoms with Crippen molar-refractivity contribution in [3.05, 3.63) is 33.3 Å². The minimum Gasteiger partial charge on any atom is -0.316 e. The van der Waals surface area contributed by atoms with E-state index >= 15 is 0 Å². The van der Waals surface area contributed by atoms with Gasteiger partial charge < -0.3 is 5.32 Å². The zero-order chi connectivity index (χ0) is 13.5. The lowest BCUT2D eigenvalue weighted by atomic mass is 9.77. The molecule has 0 bridgehead atoms. The molecule has 2 aliphatic rings. The summed E-state index contributed by atoms with van der Waals surface area (Å²) < 4.78 is 1.07. The fourth-order valence-electron chi connectivity index (χ4n) is 3.82. The molecule has 2 saturated carbocycles. The van der Waals surface area contributed by atoms with E-state index in [2.05, 4.69) is 40.3 Å². The molecule has 3 heteroatoms. The van der Waals surface area contributed by atoms with Gasteiger partial charge in [-0.05, 0) is 67.2 Å². The molecular formula is C16H21BrClN. The van der Waals surface area contributed by atoms with Crippen LogP contribution in [0.3, 0.4) is 0 Å². The molecule has 0 spiro atoms. The fraction of sp³-hybridized carbons (Fsp3) is 0.625. The Bertz CT molecular complexity index is 464. The summed E-state index contributed by atoms with van der Waals surface area (Å²) in [6.07, 6.45) is 5.37. The zero-order valence-electron chi connectivity index (χ0n) is 11.4. The molecule has 1 N–H and O–H groups in total. The van der Waals surface area contributed by atoms with Crippen LogP contribution in [0, 0.1) is 17.3 Å². The topological polar surface area (TPSA) is 12.0 Å². The highest BCUT2D eigenvalue weighted by molar-refractivity contribution is 9.10. The van der Waals surface area contributed by atoms with Gasteiger partial charge in [0.1, 0.15) is 0 Å². The van der Waals surface area contributed by atoms with Gasteiger partial charge in [-0.3, -0.25) is 0 Å².